The van der Waals surface area contributed by atoms with Gasteiger partial charge in [-0.2, -0.15) is 5.10 Å². The highest BCUT2D eigenvalue weighted by molar-refractivity contribution is 5.91. The zero-order valence-electron chi connectivity index (χ0n) is 11.0. The monoisotopic (exact) mass is 244 g/mol. The average molecular weight is 244 g/mol. The van der Waals surface area contributed by atoms with E-state index in [-0.39, 0.29) is 0 Å². The lowest BCUT2D eigenvalue weighted by atomic mass is 9.87. The second-order valence-electron chi connectivity index (χ2n) is 5.49. The fourth-order valence-corrected chi connectivity index (χ4v) is 2.83. The number of aryl methyl sites for hydroxylation is 1. The van der Waals surface area contributed by atoms with Gasteiger partial charge in [-0.05, 0) is 44.6 Å². The third-order valence-electron chi connectivity index (χ3n) is 4.01. The molecule has 4 nitrogen and oxygen atoms in total. The molecule has 3 rings (SSSR count). The summed E-state index contributed by atoms with van der Waals surface area (Å²) in [5, 5.41) is 12.0. The molecule has 18 heavy (non-hydrogen) atoms. The van der Waals surface area contributed by atoms with E-state index in [2.05, 4.69) is 27.4 Å². The average Bonchev–Trinajstić information content (AvgIpc) is 2.75. The van der Waals surface area contributed by atoms with Crippen LogP contribution in [0.1, 0.15) is 38.3 Å². The minimum atomic E-state index is 0.564. The molecule has 96 valence electrons. The summed E-state index contributed by atoms with van der Waals surface area (Å²) in [5.41, 5.74) is 2.08. The van der Waals surface area contributed by atoms with Crippen LogP contribution in [0, 0.1) is 12.8 Å². The first-order valence-corrected chi connectivity index (χ1v) is 6.80. The summed E-state index contributed by atoms with van der Waals surface area (Å²) in [7, 11) is 0. The van der Waals surface area contributed by atoms with E-state index in [9.17, 15) is 0 Å². The largest absolute Gasteiger partial charge is 0.367 e. The second-order valence-corrected chi connectivity index (χ2v) is 5.49. The summed E-state index contributed by atoms with van der Waals surface area (Å²) >= 11 is 0. The number of nitrogens with zero attached hydrogens (tertiary/aromatic N) is 2. The number of H-pyrrole nitrogens is 1. The number of aromatic amines is 1. The molecule has 0 aromatic carbocycles. The van der Waals surface area contributed by atoms with Gasteiger partial charge in [0.05, 0.1) is 16.6 Å². The van der Waals surface area contributed by atoms with Gasteiger partial charge in [0.15, 0.2) is 0 Å². The topological polar surface area (TPSA) is 53.6 Å². The summed E-state index contributed by atoms with van der Waals surface area (Å²) < 4.78 is 0. The van der Waals surface area contributed by atoms with Crippen molar-refractivity contribution in [1.29, 1.82) is 0 Å². The molecule has 1 aliphatic carbocycles. The van der Waals surface area contributed by atoms with Gasteiger partial charge in [0, 0.05) is 12.2 Å². The summed E-state index contributed by atoms with van der Waals surface area (Å²) in [6.07, 6.45) is 6.97. The molecule has 0 amide bonds. The number of nitrogens with one attached hydrogen (secondary N) is 2. The van der Waals surface area contributed by atoms with Crippen molar-refractivity contribution < 1.29 is 0 Å². The number of rotatable bonds is 2. The van der Waals surface area contributed by atoms with Crippen LogP contribution in [0.5, 0.6) is 0 Å². The predicted molar refractivity (Wildman–Crippen MR) is 73.7 cm³/mol. The van der Waals surface area contributed by atoms with Gasteiger partial charge in [-0.25, -0.2) is 4.98 Å². The van der Waals surface area contributed by atoms with Crippen LogP contribution in [0.4, 0.5) is 5.82 Å². The molecule has 0 aliphatic heterocycles. The second kappa shape index (κ2) is 4.59. The standard InChI is InChI=1S/C14H20N4/c1-9-3-5-11(6-4-9)16-14-13-10(2)17-18-12(13)7-8-15-14/h7-9,11H,3-6H2,1-2H3,(H,15,16)(H,17,18)/t9-,11-. The lowest BCUT2D eigenvalue weighted by molar-refractivity contribution is 0.361. The van der Waals surface area contributed by atoms with Crippen LogP contribution >= 0.6 is 0 Å². The van der Waals surface area contributed by atoms with E-state index in [4.69, 9.17) is 0 Å². The first kappa shape index (κ1) is 11.5. The van der Waals surface area contributed by atoms with Crippen molar-refractivity contribution in [3.63, 3.8) is 0 Å². The van der Waals surface area contributed by atoms with E-state index >= 15 is 0 Å². The molecule has 0 radical (unpaired) electrons. The first-order valence-electron chi connectivity index (χ1n) is 6.80. The molecule has 0 bridgehead atoms. The summed E-state index contributed by atoms with van der Waals surface area (Å²) in [4.78, 5) is 4.48. The smallest absolute Gasteiger partial charge is 0.137 e. The molecule has 0 spiro atoms. The molecule has 2 aromatic rings. The maximum Gasteiger partial charge on any atom is 0.137 e. The number of hydrogen-bond donors (Lipinski definition) is 2. The number of fused-ring (bicyclic) bond motifs is 1. The van der Waals surface area contributed by atoms with Gasteiger partial charge in [0.2, 0.25) is 0 Å². The van der Waals surface area contributed by atoms with Gasteiger partial charge in [0.1, 0.15) is 5.82 Å². The Bertz CT molecular complexity index is 538. The maximum absolute atomic E-state index is 4.48. The van der Waals surface area contributed by atoms with Crippen molar-refractivity contribution in [3.05, 3.63) is 18.0 Å². The number of hydrogen-bond acceptors (Lipinski definition) is 3. The SMILES string of the molecule is Cc1n[nH]c2ccnc(N[C@H]3CC[C@H](C)CC3)c12. The Balaban J connectivity index is 1.84. The highest BCUT2D eigenvalue weighted by Gasteiger charge is 2.19. The predicted octanol–water partition coefficient (Wildman–Crippen LogP) is 3.26. The normalized spacial score (nSPS) is 24.3. The maximum atomic E-state index is 4.48. The summed E-state index contributed by atoms with van der Waals surface area (Å²) in [6, 6.07) is 2.54. The van der Waals surface area contributed by atoms with E-state index < -0.39 is 0 Å². The zero-order chi connectivity index (χ0) is 12.5. The van der Waals surface area contributed by atoms with Gasteiger partial charge in [-0.3, -0.25) is 5.10 Å². The molecule has 1 saturated carbocycles. The van der Waals surface area contributed by atoms with Crippen LogP contribution < -0.4 is 5.32 Å². The van der Waals surface area contributed by atoms with Crippen LogP contribution in [0.25, 0.3) is 10.9 Å². The van der Waals surface area contributed by atoms with Crippen molar-refractivity contribution in [3.8, 4) is 0 Å². The zero-order valence-corrected chi connectivity index (χ0v) is 11.0. The van der Waals surface area contributed by atoms with Gasteiger partial charge in [-0.1, -0.05) is 6.92 Å². The van der Waals surface area contributed by atoms with Gasteiger partial charge >= 0.3 is 0 Å². The molecular weight excluding hydrogens is 224 g/mol. The molecular formula is C14H20N4. The van der Waals surface area contributed by atoms with Crippen molar-refractivity contribution in [2.24, 2.45) is 5.92 Å². The van der Waals surface area contributed by atoms with E-state index in [1.54, 1.807) is 0 Å². The Labute approximate surface area is 107 Å². The molecule has 1 aliphatic rings. The third kappa shape index (κ3) is 2.07. The molecule has 2 heterocycles. The lowest BCUT2D eigenvalue weighted by Gasteiger charge is -2.27. The van der Waals surface area contributed by atoms with Crippen molar-refractivity contribution in [2.75, 3.05) is 5.32 Å². The van der Waals surface area contributed by atoms with Crippen molar-refractivity contribution in [1.82, 2.24) is 15.2 Å². The van der Waals surface area contributed by atoms with E-state index in [0.717, 1.165) is 28.3 Å². The van der Waals surface area contributed by atoms with Crippen molar-refractivity contribution in [2.45, 2.75) is 45.6 Å². The third-order valence-corrected chi connectivity index (χ3v) is 4.01. The van der Waals surface area contributed by atoms with Crippen LogP contribution in [0.15, 0.2) is 12.3 Å². The quantitative estimate of drug-likeness (QED) is 0.852. The van der Waals surface area contributed by atoms with E-state index in [1.165, 1.54) is 25.7 Å². The Kier molecular flexibility index (Phi) is 2.94. The van der Waals surface area contributed by atoms with Crippen LogP contribution in [0.2, 0.25) is 0 Å². The van der Waals surface area contributed by atoms with Crippen LogP contribution in [0.3, 0.4) is 0 Å². The van der Waals surface area contributed by atoms with Gasteiger partial charge in [-0.15, -0.1) is 0 Å². The summed E-state index contributed by atoms with van der Waals surface area (Å²) in [5.74, 6) is 1.86. The van der Waals surface area contributed by atoms with E-state index in [1.807, 2.05) is 19.2 Å². The van der Waals surface area contributed by atoms with E-state index in [0.29, 0.717) is 6.04 Å². The molecule has 0 atom stereocenters. The molecule has 2 N–H and O–H groups in total. The molecule has 0 saturated heterocycles. The highest BCUT2D eigenvalue weighted by Crippen LogP contribution is 2.28. The Morgan fingerprint density at radius 3 is 2.83 bits per heavy atom. The molecule has 4 heteroatoms. The van der Waals surface area contributed by atoms with Gasteiger partial charge in [0.25, 0.3) is 0 Å². The molecule has 2 aromatic heterocycles. The number of aromatic nitrogens is 3. The van der Waals surface area contributed by atoms with Crippen LogP contribution in [-0.4, -0.2) is 21.2 Å². The fourth-order valence-electron chi connectivity index (χ4n) is 2.83. The number of anilines is 1. The Morgan fingerprint density at radius 2 is 2.06 bits per heavy atom. The fraction of sp³-hybridized carbons (Fsp3) is 0.571. The Hall–Kier alpha value is -1.58. The van der Waals surface area contributed by atoms with Crippen LogP contribution in [-0.2, 0) is 0 Å². The molecule has 1 fully saturated rings. The minimum absolute atomic E-state index is 0.564. The Morgan fingerprint density at radius 1 is 1.28 bits per heavy atom. The highest BCUT2D eigenvalue weighted by atomic mass is 15.1. The lowest BCUT2D eigenvalue weighted by Crippen LogP contribution is -2.25. The first-order chi connectivity index (χ1) is 8.74. The molecule has 0 unspecified atom stereocenters. The van der Waals surface area contributed by atoms with Gasteiger partial charge < -0.3 is 5.32 Å². The number of pyridine rings is 1. The minimum Gasteiger partial charge on any atom is -0.367 e. The summed E-state index contributed by atoms with van der Waals surface area (Å²) in [6.45, 7) is 4.37. The van der Waals surface area contributed by atoms with Crippen molar-refractivity contribution >= 4 is 16.7 Å².